The number of halogens is 1. The van der Waals surface area contributed by atoms with Gasteiger partial charge in [-0.3, -0.25) is 4.79 Å². The highest BCUT2D eigenvalue weighted by Gasteiger charge is 2.28. The molecule has 1 aliphatic rings. The third kappa shape index (κ3) is 4.24. The van der Waals surface area contributed by atoms with E-state index in [0.29, 0.717) is 30.2 Å². The van der Waals surface area contributed by atoms with Gasteiger partial charge in [-0.2, -0.15) is 16.3 Å². The van der Waals surface area contributed by atoms with Crippen LogP contribution in [0.5, 0.6) is 0 Å². The minimum Gasteiger partial charge on any atom is -0.342 e. The van der Waals surface area contributed by atoms with E-state index < -0.39 is 0 Å². The second-order valence-corrected chi connectivity index (χ2v) is 7.56. The second-order valence-electron chi connectivity index (χ2n) is 6.78. The zero-order valence-corrected chi connectivity index (χ0v) is 15.6. The van der Waals surface area contributed by atoms with Crippen LogP contribution in [0.25, 0.3) is 11.4 Å². The number of amides is 1. The minimum atomic E-state index is -0.334. The molecule has 1 aromatic carbocycles. The smallest absolute Gasteiger partial charge is 0.231 e. The summed E-state index contributed by atoms with van der Waals surface area (Å²) in [5.41, 5.74) is 1.79. The van der Waals surface area contributed by atoms with Gasteiger partial charge in [-0.15, -0.1) is 0 Å². The Morgan fingerprint density at radius 1 is 1.37 bits per heavy atom. The molecule has 0 N–H and O–H groups in total. The highest BCUT2D eigenvalue weighted by Crippen LogP contribution is 2.28. The quantitative estimate of drug-likeness (QED) is 0.658. The molecule has 1 fully saturated rings. The van der Waals surface area contributed by atoms with Crippen LogP contribution in [0.3, 0.4) is 0 Å². The average Bonchev–Trinajstić information content (AvgIpc) is 3.38. The number of hydrogen-bond donors (Lipinski definition) is 0. The summed E-state index contributed by atoms with van der Waals surface area (Å²) >= 11 is 1.65. The third-order valence-corrected chi connectivity index (χ3v) is 5.59. The van der Waals surface area contributed by atoms with Crippen molar-refractivity contribution in [3.8, 4) is 11.4 Å². The maximum atomic E-state index is 13.4. The van der Waals surface area contributed by atoms with Crippen molar-refractivity contribution in [2.24, 2.45) is 0 Å². The largest absolute Gasteiger partial charge is 0.342 e. The molecule has 0 spiro atoms. The van der Waals surface area contributed by atoms with Crippen LogP contribution in [0, 0.1) is 5.82 Å². The maximum Gasteiger partial charge on any atom is 0.231 e. The molecule has 5 nitrogen and oxygen atoms in total. The fourth-order valence-electron chi connectivity index (χ4n) is 3.40. The monoisotopic (exact) mass is 385 g/mol. The first-order valence-corrected chi connectivity index (χ1v) is 10.0. The van der Waals surface area contributed by atoms with Crippen LogP contribution in [-0.4, -0.2) is 34.0 Å². The van der Waals surface area contributed by atoms with Gasteiger partial charge in [0, 0.05) is 25.1 Å². The zero-order chi connectivity index (χ0) is 18.6. The molecule has 3 heterocycles. The first kappa shape index (κ1) is 17.9. The minimum absolute atomic E-state index is 0.0265. The molecule has 3 aromatic rings. The molecule has 1 unspecified atom stereocenters. The Hall–Kier alpha value is -2.54. The van der Waals surface area contributed by atoms with E-state index in [4.69, 9.17) is 4.52 Å². The van der Waals surface area contributed by atoms with Crippen molar-refractivity contribution >= 4 is 17.2 Å². The lowest BCUT2D eigenvalue weighted by Crippen LogP contribution is -2.39. The van der Waals surface area contributed by atoms with Crippen molar-refractivity contribution in [3.63, 3.8) is 0 Å². The normalized spacial score (nSPS) is 17.2. The molecule has 140 valence electrons. The van der Waals surface area contributed by atoms with Crippen LogP contribution in [-0.2, 0) is 11.2 Å². The van der Waals surface area contributed by atoms with Gasteiger partial charge in [-0.05, 0) is 53.8 Å². The van der Waals surface area contributed by atoms with E-state index in [9.17, 15) is 9.18 Å². The van der Waals surface area contributed by atoms with Crippen LogP contribution >= 0.6 is 11.3 Å². The predicted octanol–water partition coefficient (Wildman–Crippen LogP) is 4.28. The maximum absolute atomic E-state index is 13.4. The molecule has 0 radical (unpaired) electrons. The summed E-state index contributed by atoms with van der Waals surface area (Å²) in [5.74, 6) is 0.753. The standard InChI is InChI=1S/C20H20FN3O2S/c21-17-5-1-3-15(11-17)19-22-20(26-23-19)16-4-2-9-24(12-16)18(25)7-6-14-8-10-27-13-14/h1,3,5,8,10-11,13,16H,2,4,6-7,9,12H2. The van der Waals surface area contributed by atoms with E-state index in [2.05, 4.69) is 21.6 Å². The molecule has 0 saturated carbocycles. The Morgan fingerprint density at radius 3 is 3.11 bits per heavy atom. The van der Waals surface area contributed by atoms with Gasteiger partial charge in [-0.1, -0.05) is 17.3 Å². The Balaban J connectivity index is 1.40. The number of likely N-dealkylation sites (tertiary alicyclic amines) is 1. The summed E-state index contributed by atoms with van der Waals surface area (Å²) in [6, 6.07) is 8.19. The second kappa shape index (κ2) is 8.00. The van der Waals surface area contributed by atoms with Crippen molar-refractivity contribution < 1.29 is 13.7 Å². The molecule has 4 rings (SSSR count). The predicted molar refractivity (Wildman–Crippen MR) is 101 cm³/mol. The number of aryl methyl sites for hydroxylation is 1. The van der Waals surface area contributed by atoms with Crippen molar-refractivity contribution in [3.05, 3.63) is 58.4 Å². The summed E-state index contributed by atoms with van der Waals surface area (Å²) < 4.78 is 18.8. The van der Waals surface area contributed by atoms with Gasteiger partial charge in [0.2, 0.25) is 17.6 Å². The molecular formula is C20H20FN3O2S. The molecule has 0 aliphatic carbocycles. The number of piperidine rings is 1. The van der Waals surface area contributed by atoms with Gasteiger partial charge in [0.05, 0.1) is 5.92 Å². The lowest BCUT2D eigenvalue weighted by Gasteiger charge is -2.31. The van der Waals surface area contributed by atoms with Gasteiger partial charge in [0.15, 0.2) is 0 Å². The first-order valence-electron chi connectivity index (χ1n) is 9.07. The lowest BCUT2D eigenvalue weighted by atomic mass is 9.97. The van der Waals surface area contributed by atoms with Crippen molar-refractivity contribution in [1.29, 1.82) is 0 Å². The number of thiophene rings is 1. The first-order chi connectivity index (χ1) is 13.2. The Morgan fingerprint density at radius 2 is 2.30 bits per heavy atom. The fraction of sp³-hybridized carbons (Fsp3) is 0.350. The number of rotatable bonds is 5. The summed E-state index contributed by atoms with van der Waals surface area (Å²) in [7, 11) is 0. The summed E-state index contributed by atoms with van der Waals surface area (Å²) in [6.45, 7) is 1.36. The Labute approximate surface area is 160 Å². The van der Waals surface area contributed by atoms with Crippen molar-refractivity contribution in [2.75, 3.05) is 13.1 Å². The van der Waals surface area contributed by atoms with Crippen molar-refractivity contribution in [1.82, 2.24) is 15.0 Å². The molecule has 1 aliphatic heterocycles. The van der Waals surface area contributed by atoms with Gasteiger partial charge in [0.1, 0.15) is 5.82 Å². The molecule has 1 saturated heterocycles. The van der Waals surface area contributed by atoms with E-state index >= 15 is 0 Å². The van der Waals surface area contributed by atoms with Gasteiger partial charge in [-0.25, -0.2) is 4.39 Å². The highest BCUT2D eigenvalue weighted by atomic mass is 32.1. The molecular weight excluding hydrogens is 365 g/mol. The van der Waals surface area contributed by atoms with Crippen LogP contribution in [0.15, 0.2) is 45.6 Å². The summed E-state index contributed by atoms with van der Waals surface area (Å²) in [6.07, 6.45) is 3.10. The summed E-state index contributed by atoms with van der Waals surface area (Å²) in [5, 5.41) is 8.10. The van der Waals surface area contributed by atoms with Crippen molar-refractivity contribution in [2.45, 2.75) is 31.6 Å². The van der Waals surface area contributed by atoms with Gasteiger partial charge < -0.3 is 9.42 Å². The van der Waals surface area contributed by atoms with E-state index in [1.54, 1.807) is 23.5 Å². The highest BCUT2D eigenvalue weighted by molar-refractivity contribution is 7.07. The van der Waals surface area contributed by atoms with Gasteiger partial charge >= 0.3 is 0 Å². The van der Waals surface area contributed by atoms with E-state index in [1.165, 1.54) is 17.7 Å². The van der Waals surface area contributed by atoms with Crippen LogP contribution in [0.2, 0.25) is 0 Å². The van der Waals surface area contributed by atoms with E-state index in [1.807, 2.05) is 10.3 Å². The average molecular weight is 385 g/mol. The van der Waals surface area contributed by atoms with E-state index in [-0.39, 0.29) is 17.6 Å². The van der Waals surface area contributed by atoms with E-state index in [0.717, 1.165) is 25.8 Å². The number of nitrogens with zero attached hydrogens (tertiary/aromatic N) is 3. The molecule has 2 aromatic heterocycles. The fourth-order valence-corrected chi connectivity index (χ4v) is 4.10. The van der Waals surface area contributed by atoms with Gasteiger partial charge in [0.25, 0.3) is 0 Å². The zero-order valence-electron chi connectivity index (χ0n) is 14.8. The molecule has 27 heavy (non-hydrogen) atoms. The Bertz CT molecular complexity index is 910. The molecule has 1 amide bonds. The topological polar surface area (TPSA) is 59.2 Å². The third-order valence-electron chi connectivity index (χ3n) is 4.86. The number of carbonyl (C=O) groups is 1. The number of hydrogen-bond acceptors (Lipinski definition) is 5. The lowest BCUT2D eigenvalue weighted by molar-refractivity contribution is -0.132. The number of benzene rings is 1. The van der Waals surface area contributed by atoms with Crippen LogP contribution < -0.4 is 0 Å². The number of aromatic nitrogens is 2. The molecule has 0 bridgehead atoms. The van der Waals surface area contributed by atoms with Crippen LogP contribution in [0.4, 0.5) is 4.39 Å². The van der Waals surface area contributed by atoms with Crippen LogP contribution in [0.1, 0.15) is 36.6 Å². The summed E-state index contributed by atoms with van der Waals surface area (Å²) in [4.78, 5) is 18.9. The SMILES string of the molecule is O=C(CCc1ccsc1)N1CCCC(c2nc(-c3cccc(F)c3)no2)C1. The number of carbonyl (C=O) groups excluding carboxylic acids is 1. The Kier molecular flexibility index (Phi) is 5.29. The molecule has 7 heteroatoms. The molecule has 1 atom stereocenters.